The zero-order valence-electron chi connectivity index (χ0n) is 24.4. The van der Waals surface area contributed by atoms with E-state index in [1.165, 1.54) is 12.1 Å². The molecule has 0 radical (unpaired) electrons. The van der Waals surface area contributed by atoms with E-state index >= 15 is 0 Å². The third kappa shape index (κ3) is 6.79. The Labute approximate surface area is 252 Å². The molecule has 44 heavy (non-hydrogen) atoms. The lowest BCUT2D eigenvalue weighted by molar-refractivity contribution is -0.763. The van der Waals surface area contributed by atoms with Gasteiger partial charge in [0.2, 0.25) is 5.82 Å². The van der Waals surface area contributed by atoms with E-state index in [2.05, 4.69) is 25.5 Å². The van der Waals surface area contributed by atoms with Crippen molar-refractivity contribution in [1.29, 1.82) is 0 Å². The van der Waals surface area contributed by atoms with Crippen LogP contribution in [0.1, 0.15) is 60.3 Å². The van der Waals surface area contributed by atoms with Crippen LogP contribution in [0.2, 0.25) is 0 Å². The summed E-state index contributed by atoms with van der Waals surface area (Å²) in [6.45, 7) is 5.25. The van der Waals surface area contributed by atoms with Crippen LogP contribution in [-0.2, 0) is 30.0 Å². The van der Waals surface area contributed by atoms with Crippen molar-refractivity contribution in [3.63, 3.8) is 0 Å². The van der Waals surface area contributed by atoms with E-state index in [1.807, 2.05) is 55.5 Å². The van der Waals surface area contributed by atoms with Gasteiger partial charge in [-0.1, -0.05) is 67.6 Å². The number of hydrogen-bond acceptors (Lipinski definition) is 10. The van der Waals surface area contributed by atoms with E-state index in [4.69, 9.17) is 9.72 Å². The number of aliphatic hydroxyl groups is 1. The van der Waals surface area contributed by atoms with Crippen LogP contribution in [0, 0.1) is 10.1 Å². The lowest BCUT2D eigenvalue weighted by Crippen LogP contribution is -2.24. The molecule has 3 aromatic carbocycles. The summed E-state index contributed by atoms with van der Waals surface area (Å²) >= 11 is 0. The number of nitrogens with one attached hydrogen (secondary N) is 1. The summed E-state index contributed by atoms with van der Waals surface area (Å²) in [5.74, 6) is 0.692. The van der Waals surface area contributed by atoms with Crippen molar-refractivity contribution in [2.45, 2.75) is 52.4 Å². The number of aryl methyl sites for hydroxylation is 1. The molecule has 0 bridgehead atoms. The zero-order chi connectivity index (χ0) is 31.3. The zero-order valence-corrected chi connectivity index (χ0v) is 24.4. The predicted molar refractivity (Wildman–Crippen MR) is 159 cm³/mol. The van der Waals surface area contributed by atoms with E-state index in [0.717, 1.165) is 28.7 Å². The summed E-state index contributed by atoms with van der Waals surface area (Å²) in [6.07, 6.45) is 1.36. The Morgan fingerprint density at radius 3 is 2.32 bits per heavy atom. The molecule has 0 spiro atoms. The van der Waals surface area contributed by atoms with Crippen molar-refractivity contribution in [3.8, 4) is 28.3 Å². The number of hydrogen-bond donors (Lipinski definition) is 2. The summed E-state index contributed by atoms with van der Waals surface area (Å²) in [6, 6.07) is 21.9. The highest BCUT2D eigenvalue weighted by atomic mass is 16.9. The number of benzene rings is 3. The molecule has 0 amide bonds. The maximum Gasteiger partial charge on any atom is 0.362 e. The Hall–Kier alpha value is -5.43. The predicted octanol–water partition coefficient (Wildman–Crippen LogP) is 4.89. The summed E-state index contributed by atoms with van der Waals surface area (Å²) in [4.78, 5) is 33.2. The first-order valence-electron chi connectivity index (χ1n) is 14.0. The van der Waals surface area contributed by atoms with Crippen LogP contribution in [0.4, 0.5) is 0 Å². The van der Waals surface area contributed by atoms with Crippen molar-refractivity contribution in [2.24, 2.45) is 0 Å². The number of aromatic amines is 1. The van der Waals surface area contributed by atoms with Gasteiger partial charge in [-0.3, -0.25) is 0 Å². The first kappa shape index (κ1) is 30.0. The molecular formula is C31H31N7O6. The van der Waals surface area contributed by atoms with Crippen LogP contribution < -0.4 is 4.74 Å². The average Bonchev–Trinajstić information content (AvgIpc) is 3.66. The highest BCUT2D eigenvalue weighted by Crippen LogP contribution is 2.31. The van der Waals surface area contributed by atoms with Gasteiger partial charge in [0.25, 0.3) is 5.09 Å². The molecule has 226 valence electrons. The monoisotopic (exact) mass is 597 g/mol. The Kier molecular flexibility index (Phi) is 8.76. The van der Waals surface area contributed by atoms with E-state index < -0.39 is 16.7 Å². The molecule has 0 unspecified atom stereocenters. The first-order valence-corrected chi connectivity index (χ1v) is 14.0. The number of rotatable bonds is 12. The quantitative estimate of drug-likeness (QED) is 0.0873. The summed E-state index contributed by atoms with van der Waals surface area (Å²) in [5.41, 5.74) is 3.13. The maximum absolute atomic E-state index is 13.7. The second kappa shape index (κ2) is 12.8. The van der Waals surface area contributed by atoms with Gasteiger partial charge in [-0.2, -0.15) is 5.21 Å². The van der Waals surface area contributed by atoms with Gasteiger partial charge in [-0.05, 0) is 59.9 Å². The fourth-order valence-electron chi connectivity index (χ4n) is 4.83. The molecule has 0 aliphatic heterocycles. The highest BCUT2D eigenvalue weighted by molar-refractivity contribution is 5.91. The highest BCUT2D eigenvalue weighted by Gasteiger charge is 2.33. The Morgan fingerprint density at radius 1 is 1.02 bits per heavy atom. The summed E-state index contributed by atoms with van der Waals surface area (Å²) in [5, 5.41) is 35.0. The molecule has 0 saturated heterocycles. The molecule has 5 aromatic rings. The fraction of sp³-hybridized carbons (Fsp3) is 0.258. The normalized spacial score (nSPS) is 11.4. The molecule has 0 aliphatic carbocycles. The number of carbonyl (C=O) groups is 1. The number of aromatic nitrogens is 6. The number of ether oxygens (including phenoxy) is 1. The van der Waals surface area contributed by atoms with Gasteiger partial charge in [0, 0.05) is 18.5 Å². The second-order valence-electron chi connectivity index (χ2n) is 10.6. The lowest BCUT2D eigenvalue weighted by atomic mass is 9.98. The molecule has 5 rings (SSSR count). The second-order valence-corrected chi connectivity index (χ2v) is 10.6. The lowest BCUT2D eigenvalue weighted by Gasteiger charge is -2.18. The SMILES string of the molecule is CCCc1nc(C(C)(C)O)c(C(=O)Oc2ccc(CO[N+](=O)[O-])cc2)n1Cc1ccc(-c2ccccc2-c2nn[nH]n2)cc1. The summed E-state index contributed by atoms with van der Waals surface area (Å²) in [7, 11) is 0. The van der Waals surface area contributed by atoms with Gasteiger partial charge in [-0.25, -0.2) is 9.78 Å². The van der Waals surface area contributed by atoms with E-state index in [-0.39, 0.29) is 23.7 Å². The summed E-state index contributed by atoms with van der Waals surface area (Å²) < 4.78 is 7.50. The van der Waals surface area contributed by atoms with Gasteiger partial charge < -0.3 is 19.2 Å². The van der Waals surface area contributed by atoms with Gasteiger partial charge in [0.15, 0.2) is 5.69 Å². The average molecular weight is 598 g/mol. The minimum absolute atomic E-state index is 0.147. The third-order valence-corrected chi connectivity index (χ3v) is 6.88. The third-order valence-electron chi connectivity index (χ3n) is 6.88. The Morgan fingerprint density at radius 2 is 1.70 bits per heavy atom. The minimum Gasteiger partial charge on any atom is -0.422 e. The van der Waals surface area contributed by atoms with Crippen LogP contribution in [0.5, 0.6) is 5.75 Å². The molecule has 0 fully saturated rings. The van der Waals surface area contributed by atoms with Crippen molar-refractivity contribution in [2.75, 3.05) is 0 Å². The van der Waals surface area contributed by atoms with E-state index in [0.29, 0.717) is 30.2 Å². The Bertz CT molecular complexity index is 1740. The molecule has 0 aliphatic rings. The van der Waals surface area contributed by atoms with E-state index in [9.17, 15) is 20.0 Å². The molecule has 0 atom stereocenters. The maximum atomic E-state index is 13.7. The smallest absolute Gasteiger partial charge is 0.362 e. The number of carbonyl (C=O) groups excluding carboxylic acids is 1. The molecule has 2 aromatic heterocycles. The number of imidazole rings is 1. The molecule has 0 saturated carbocycles. The topological polar surface area (TPSA) is 171 Å². The molecule has 13 heteroatoms. The van der Waals surface area contributed by atoms with Crippen LogP contribution in [-0.4, -0.2) is 46.3 Å². The van der Waals surface area contributed by atoms with Gasteiger partial charge >= 0.3 is 5.97 Å². The molecule has 13 nitrogen and oxygen atoms in total. The first-order chi connectivity index (χ1) is 21.1. The van der Waals surface area contributed by atoms with Crippen LogP contribution in [0.25, 0.3) is 22.5 Å². The number of tetrazole rings is 1. The van der Waals surface area contributed by atoms with Gasteiger partial charge in [0.1, 0.15) is 29.5 Å². The van der Waals surface area contributed by atoms with E-state index in [1.54, 1.807) is 30.5 Å². The standard InChI is InChI=1S/C31H31N7O6/c1-4-7-26-32-28(31(2,3)40)27(30(39)44-23-16-12-21(13-17-23)19-43-38(41)42)37(26)18-20-10-14-22(15-11-20)24-8-5-6-9-25(24)29-33-35-36-34-29/h5-6,8-17,40H,4,7,18-19H2,1-3H3,(H,33,34,35,36). The number of H-pyrrole nitrogens is 1. The molecule has 2 heterocycles. The minimum atomic E-state index is -1.42. The van der Waals surface area contributed by atoms with Gasteiger partial charge in [-0.15, -0.1) is 20.3 Å². The largest absolute Gasteiger partial charge is 0.422 e. The Balaban J connectivity index is 1.45. The van der Waals surface area contributed by atoms with Crippen molar-refractivity contribution in [3.05, 3.63) is 111 Å². The van der Waals surface area contributed by atoms with Crippen LogP contribution >= 0.6 is 0 Å². The molecule has 2 N–H and O–H groups in total. The number of esters is 1. The van der Waals surface area contributed by atoms with Crippen molar-refractivity contribution in [1.82, 2.24) is 30.2 Å². The van der Waals surface area contributed by atoms with Crippen LogP contribution in [0.3, 0.4) is 0 Å². The molecular weight excluding hydrogens is 566 g/mol. The van der Waals surface area contributed by atoms with Gasteiger partial charge in [0.05, 0.1) is 0 Å². The fourth-order valence-corrected chi connectivity index (χ4v) is 4.83. The number of nitrogens with zero attached hydrogens (tertiary/aromatic N) is 6. The van der Waals surface area contributed by atoms with Crippen LogP contribution in [0.15, 0.2) is 72.8 Å². The van der Waals surface area contributed by atoms with Crippen molar-refractivity contribution < 1.29 is 24.6 Å². The van der Waals surface area contributed by atoms with Crippen molar-refractivity contribution >= 4 is 5.97 Å².